The minimum Gasteiger partial charge on any atom is -0.493 e. The molecule has 1 N–H and O–H groups in total. The zero-order valence-corrected chi connectivity index (χ0v) is 24.0. The normalized spacial score (nSPS) is 14.3. The van der Waals surface area contributed by atoms with Gasteiger partial charge in [0.15, 0.2) is 15.8 Å². The fourth-order valence-electron chi connectivity index (χ4n) is 3.45. The van der Waals surface area contributed by atoms with Crippen LogP contribution in [0.2, 0.25) is 0 Å². The smallest absolute Gasteiger partial charge is 0.285 e. The second kappa shape index (κ2) is 11.6. The molecule has 0 aromatic heterocycles. The van der Waals surface area contributed by atoms with Crippen molar-refractivity contribution in [2.24, 2.45) is 0 Å². The molecule has 0 bridgehead atoms. The summed E-state index contributed by atoms with van der Waals surface area (Å²) in [5.41, 5.74) is 5.60. The number of hydrogen-bond donors (Lipinski definition) is 1. The van der Waals surface area contributed by atoms with Gasteiger partial charge in [0.25, 0.3) is 11.8 Å². The van der Waals surface area contributed by atoms with Gasteiger partial charge in [-0.25, -0.2) is 0 Å². The van der Waals surface area contributed by atoms with Gasteiger partial charge in [0.2, 0.25) is 0 Å². The number of carbonyl (C=O) groups excluding carboxylic acids is 2. The summed E-state index contributed by atoms with van der Waals surface area (Å²) in [6.45, 7) is 2.18. The third-order valence-corrected chi connectivity index (χ3v) is 7.60. The molecule has 0 radical (unpaired) electrons. The van der Waals surface area contributed by atoms with E-state index in [-0.39, 0.29) is 4.32 Å². The number of amides is 2. The molecule has 0 atom stereocenters. The molecule has 1 aliphatic heterocycles. The minimum atomic E-state index is -0.406. The number of benzene rings is 3. The molecule has 4 rings (SSSR count). The van der Waals surface area contributed by atoms with Crippen molar-refractivity contribution in [3.63, 3.8) is 0 Å². The summed E-state index contributed by atoms with van der Waals surface area (Å²) in [6.07, 6.45) is 1.70. The van der Waals surface area contributed by atoms with Gasteiger partial charge in [-0.1, -0.05) is 58.0 Å². The fraction of sp³-hybridized carbons (Fsp3) is 0.115. The van der Waals surface area contributed by atoms with Crippen molar-refractivity contribution in [2.45, 2.75) is 13.5 Å². The number of aryl methyl sites for hydroxylation is 1. The summed E-state index contributed by atoms with van der Waals surface area (Å²) < 4.78 is 13.4. The molecule has 0 saturated carbocycles. The van der Waals surface area contributed by atoms with E-state index in [1.165, 1.54) is 0 Å². The first kappa shape index (κ1) is 26.4. The second-order valence-electron chi connectivity index (χ2n) is 7.73. The number of thioether (sulfide) groups is 1. The van der Waals surface area contributed by atoms with E-state index in [4.69, 9.17) is 21.7 Å². The van der Waals surface area contributed by atoms with Gasteiger partial charge >= 0.3 is 0 Å². The third-order valence-electron chi connectivity index (χ3n) is 5.22. The van der Waals surface area contributed by atoms with E-state index in [0.717, 1.165) is 32.4 Å². The molecule has 1 fully saturated rings. The second-order valence-corrected chi connectivity index (χ2v) is 11.2. The van der Waals surface area contributed by atoms with Crippen molar-refractivity contribution < 1.29 is 19.1 Å². The Morgan fingerprint density at radius 3 is 2.64 bits per heavy atom. The first-order chi connectivity index (χ1) is 17.3. The lowest BCUT2D eigenvalue weighted by Crippen LogP contribution is -2.45. The van der Waals surface area contributed by atoms with Crippen LogP contribution in [0.25, 0.3) is 6.08 Å². The largest absolute Gasteiger partial charge is 0.493 e. The molecule has 184 valence electrons. The number of carbonyl (C=O) groups is 2. The van der Waals surface area contributed by atoms with Gasteiger partial charge in [0.05, 0.1) is 16.5 Å². The standard InChI is InChI=1S/C26H20Br2N2O4S2/c1-15-6-3-4-9-19(15)24(31)29-30-25(32)22(36-26(30)35)13-17-11-20(28)23(21(12-17)33-2)34-14-16-7-5-8-18(27)10-16/h3-13H,14H2,1-2H3,(H,29,31)/b22-13+. The van der Waals surface area contributed by atoms with Crippen LogP contribution in [-0.2, 0) is 11.4 Å². The molecule has 0 aliphatic carbocycles. The van der Waals surface area contributed by atoms with Crippen molar-refractivity contribution in [3.8, 4) is 11.5 Å². The van der Waals surface area contributed by atoms with Crippen LogP contribution in [0.4, 0.5) is 0 Å². The van der Waals surface area contributed by atoms with E-state index in [0.29, 0.717) is 38.6 Å². The molecule has 1 heterocycles. The third kappa shape index (κ3) is 6.00. The Hall–Kier alpha value is -2.66. The summed E-state index contributed by atoms with van der Waals surface area (Å²) in [6, 6.07) is 18.6. The van der Waals surface area contributed by atoms with Gasteiger partial charge in [-0.3, -0.25) is 15.0 Å². The van der Waals surface area contributed by atoms with Crippen LogP contribution in [0.3, 0.4) is 0 Å². The van der Waals surface area contributed by atoms with Crippen LogP contribution < -0.4 is 14.9 Å². The van der Waals surface area contributed by atoms with E-state index in [9.17, 15) is 9.59 Å². The van der Waals surface area contributed by atoms with Crippen molar-refractivity contribution in [1.29, 1.82) is 0 Å². The average Bonchev–Trinajstić information content (AvgIpc) is 3.10. The predicted octanol–water partition coefficient (Wildman–Crippen LogP) is 6.65. The first-order valence-electron chi connectivity index (χ1n) is 10.7. The number of hydrazine groups is 1. The highest BCUT2D eigenvalue weighted by atomic mass is 79.9. The molecule has 10 heteroatoms. The van der Waals surface area contributed by atoms with Gasteiger partial charge in [-0.15, -0.1) is 0 Å². The summed E-state index contributed by atoms with van der Waals surface area (Å²) in [4.78, 5) is 26.1. The van der Waals surface area contributed by atoms with E-state index in [1.54, 1.807) is 31.4 Å². The molecule has 3 aromatic rings. The minimum absolute atomic E-state index is 0.244. The summed E-state index contributed by atoms with van der Waals surface area (Å²) >= 11 is 13.5. The monoisotopic (exact) mass is 646 g/mol. The predicted molar refractivity (Wildman–Crippen MR) is 153 cm³/mol. The number of nitrogens with one attached hydrogen (secondary N) is 1. The molecule has 0 unspecified atom stereocenters. The van der Waals surface area contributed by atoms with Crippen molar-refractivity contribution in [2.75, 3.05) is 7.11 Å². The van der Waals surface area contributed by atoms with E-state index in [2.05, 4.69) is 37.3 Å². The van der Waals surface area contributed by atoms with Crippen LogP contribution >= 0.6 is 55.8 Å². The Morgan fingerprint density at radius 2 is 1.92 bits per heavy atom. The lowest BCUT2D eigenvalue weighted by atomic mass is 10.1. The van der Waals surface area contributed by atoms with Crippen molar-refractivity contribution >= 4 is 78.1 Å². The van der Waals surface area contributed by atoms with E-state index in [1.807, 2.05) is 49.4 Å². The lowest BCUT2D eigenvalue weighted by Gasteiger charge is -2.16. The Morgan fingerprint density at radius 1 is 1.14 bits per heavy atom. The van der Waals surface area contributed by atoms with Crippen LogP contribution in [0.15, 0.2) is 74.5 Å². The lowest BCUT2D eigenvalue weighted by molar-refractivity contribution is -0.123. The molecule has 1 aliphatic rings. The van der Waals surface area contributed by atoms with E-state index < -0.39 is 11.8 Å². The zero-order chi connectivity index (χ0) is 25.8. The maximum absolute atomic E-state index is 13.0. The molecular formula is C26H20Br2N2O4S2. The highest BCUT2D eigenvalue weighted by Crippen LogP contribution is 2.39. The summed E-state index contributed by atoms with van der Waals surface area (Å²) in [5, 5.41) is 1.10. The highest BCUT2D eigenvalue weighted by Gasteiger charge is 2.34. The summed E-state index contributed by atoms with van der Waals surface area (Å²) in [7, 11) is 1.55. The van der Waals surface area contributed by atoms with Gasteiger partial charge in [-0.2, -0.15) is 5.01 Å². The number of rotatable bonds is 7. The quantitative estimate of drug-likeness (QED) is 0.229. The summed E-state index contributed by atoms with van der Waals surface area (Å²) in [5.74, 6) is 0.251. The topological polar surface area (TPSA) is 67.9 Å². The van der Waals surface area contributed by atoms with Gasteiger partial charge in [0.1, 0.15) is 6.61 Å². The highest BCUT2D eigenvalue weighted by molar-refractivity contribution is 9.10. The van der Waals surface area contributed by atoms with Crippen LogP contribution in [0.5, 0.6) is 11.5 Å². The van der Waals surface area contributed by atoms with Gasteiger partial charge in [-0.05, 0) is 88.2 Å². The molecule has 2 amide bonds. The number of thiocarbonyl (C=S) groups is 1. The van der Waals surface area contributed by atoms with Crippen LogP contribution in [0, 0.1) is 6.92 Å². The number of methoxy groups -OCH3 is 1. The number of ether oxygens (including phenoxy) is 2. The Balaban J connectivity index is 1.52. The SMILES string of the molecule is COc1cc(/C=C2/SC(=S)N(NC(=O)c3ccccc3C)C2=O)cc(Br)c1OCc1cccc(Br)c1. The molecule has 0 spiro atoms. The average molecular weight is 648 g/mol. The molecular weight excluding hydrogens is 628 g/mol. The molecule has 1 saturated heterocycles. The van der Waals surface area contributed by atoms with Gasteiger partial charge in [0, 0.05) is 10.0 Å². The Labute approximate surface area is 235 Å². The molecule has 6 nitrogen and oxygen atoms in total. The molecule has 3 aromatic carbocycles. The number of hydrogen-bond acceptors (Lipinski definition) is 6. The van der Waals surface area contributed by atoms with Crippen molar-refractivity contribution in [3.05, 3.63) is 96.8 Å². The molecule has 36 heavy (non-hydrogen) atoms. The van der Waals surface area contributed by atoms with Crippen LogP contribution in [-0.4, -0.2) is 28.3 Å². The number of nitrogens with zero attached hydrogens (tertiary/aromatic N) is 1. The van der Waals surface area contributed by atoms with E-state index >= 15 is 0 Å². The fourth-order valence-corrected chi connectivity index (χ4v) is 5.65. The van der Waals surface area contributed by atoms with Crippen LogP contribution in [0.1, 0.15) is 27.0 Å². The first-order valence-corrected chi connectivity index (χ1v) is 13.5. The number of halogens is 2. The maximum Gasteiger partial charge on any atom is 0.285 e. The van der Waals surface area contributed by atoms with Gasteiger partial charge < -0.3 is 9.47 Å². The zero-order valence-electron chi connectivity index (χ0n) is 19.2. The Bertz CT molecular complexity index is 1390. The maximum atomic E-state index is 13.0. The Kier molecular flexibility index (Phi) is 8.50. The van der Waals surface area contributed by atoms with Crippen molar-refractivity contribution in [1.82, 2.24) is 10.4 Å².